The predicted octanol–water partition coefficient (Wildman–Crippen LogP) is 3.75. The fraction of sp³-hybridized carbons (Fsp3) is 0.273. The first kappa shape index (κ1) is 19.8. The minimum absolute atomic E-state index is 0.0432. The standard InChI is InChI=1S/C22H24N6O2/c1-13-4-7-23-11-17(13)18-10-16-19(12-24-18)26-22(30)21(16)15(3)25-20-6-9-28(27-20)8-5-14(2)29/h4,6-7,9-12,14,26,29-30H,5,8H2,1-3H3. The third-order valence-electron chi connectivity index (χ3n) is 5.02. The molecule has 8 nitrogen and oxygen atoms in total. The van der Waals surface area contributed by atoms with Gasteiger partial charge in [-0.3, -0.25) is 14.6 Å². The molecule has 3 N–H and O–H groups in total. The second-order valence-corrected chi connectivity index (χ2v) is 7.43. The fourth-order valence-electron chi connectivity index (χ4n) is 3.41. The lowest BCUT2D eigenvalue weighted by Gasteiger charge is -2.05. The summed E-state index contributed by atoms with van der Waals surface area (Å²) in [5.74, 6) is 0.589. The van der Waals surface area contributed by atoms with Crippen LogP contribution >= 0.6 is 0 Å². The number of aliphatic hydroxyl groups is 1. The summed E-state index contributed by atoms with van der Waals surface area (Å²) in [4.78, 5) is 16.3. The summed E-state index contributed by atoms with van der Waals surface area (Å²) < 4.78 is 1.75. The maximum atomic E-state index is 10.5. The number of aryl methyl sites for hydroxylation is 2. The van der Waals surface area contributed by atoms with E-state index in [4.69, 9.17) is 0 Å². The van der Waals surface area contributed by atoms with Crippen LogP contribution in [0.5, 0.6) is 5.88 Å². The second kappa shape index (κ2) is 8.08. The van der Waals surface area contributed by atoms with Crippen LogP contribution in [-0.2, 0) is 6.54 Å². The van der Waals surface area contributed by atoms with Crippen molar-refractivity contribution in [3.63, 3.8) is 0 Å². The van der Waals surface area contributed by atoms with Crippen molar-refractivity contribution in [3.05, 3.63) is 54.1 Å². The number of nitrogens with zero attached hydrogens (tertiary/aromatic N) is 5. The van der Waals surface area contributed by atoms with Gasteiger partial charge < -0.3 is 15.2 Å². The van der Waals surface area contributed by atoms with Crippen LogP contribution in [-0.4, -0.2) is 46.8 Å². The normalized spacial score (nSPS) is 13.1. The molecule has 4 rings (SSSR count). The van der Waals surface area contributed by atoms with E-state index in [9.17, 15) is 10.2 Å². The molecule has 0 aromatic carbocycles. The Morgan fingerprint density at radius 2 is 2.13 bits per heavy atom. The van der Waals surface area contributed by atoms with E-state index < -0.39 is 0 Å². The number of aromatic amines is 1. The Labute approximate surface area is 174 Å². The van der Waals surface area contributed by atoms with Gasteiger partial charge in [-0.25, -0.2) is 4.99 Å². The number of aromatic nitrogens is 5. The monoisotopic (exact) mass is 404 g/mol. The van der Waals surface area contributed by atoms with E-state index in [0.717, 1.165) is 27.7 Å². The summed E-state index contributed by atoms with van der Waals surface area (Å²) in [6.07, 6.45) is 7.32. The maximum Gasteiger partial charge on any atom is 0.198 e. The number of aliphatic hydroxyl groups excluding tert-OH is 1. The summed E-state index contributed by atoms with van der Waals surface area (Å²) in [7, 11) is 0. The number of rotatable bonds is 6. The third kappa shape index (κ3) is 3.95. The third-order valence-corrected chi connectivity index (χ3v) is 5.02. The smallest absolute Gasteiger partial charge is 0.198 e. The van der Waals surface area contributed by atoms with Crippen LogP contribution in [0.4, 0.5) is 5.82 Å². The van der Waals surface area contributed by atoms with E-state index >= 15 is 0 Å². The minimum atomic E-state index is -0.377. The molecular weight excluding hydrogens is 380 g/mol. The van der Waals surface area contributed by atoms with Crippen molar-refractivity contribution < 1.29 is 10.2 Å². The van der Waals surface area contributed by atoms with Gasteiger partial charge in [-0.15, -0.1) is 0 Å². The van der Waals surface area contributed by atoms with Crippen LogP contribution in [0.1, 0.15) is 31.4 Å². The Kier molecular flexibility index (Phi) is 5.33. The molecule has 0 fully saturated rings. The van der Waals surface area contributed by atoms with Crippen LogP contribution in [0, 0.1) is 6.92 Å². The summed E-state index contributed by atoms with van der Waals surface area (Å²) in [6, 6.07) is 5.69. The van der Waals surface area contributed by atoms with E-state index in [1.54, 1.807) is 30.2 Å². The van der Waals surface area contributed by atoms with Crippen molar-refractivity contribution in [2.24, 2.45) is 4.99 Å². The number of hydrogen-bond acceptors (Lipinski definition) is 6. The molecule has 4 aromatic heterocycles. The lowest BCUT2D eigenvalue weighted by Crippen LogP contribution is -2.07. The molecule has 4 heterocycles. The van der Waals surface area contributed by atoms with Gasteiger partial charge in [0.15, 0.2) is 11.7 Å². The zero-order chi connectivity index (χ0) is 21.3. The summed E-state index contributed by atoms with van der Waals surface area (Å²) in [5.41, 5.74) is 4.78. The first-order chi connectivity index (χ1) is 14.4. The van der Waals surface area contributed by atoms with Crippen molar-refractivity contribution in [2.45, 2.75) is 39.8 Å². The molecular formula is C22H24N6O2. The van der Waals surface area contributed by atoms with E-state index in [0.29, 0.717) is 30.1 Å². The van der Waals surface area contributed by atoms with Gasteiger partial charge in [0.25, 0.3) is 0 Å². The molecule has 0 spiro atoms. The first-order valence-electron chi connectivity index (χ1n) is 9.81. The lowest BCUT2D eigenvalue weighted by molar-refractivity contribution is 0.176. The highest BCUT2D eigenvalue weighted by molar-refractivity contribution is 6.13. The predicted molar refractivity (Wildman–Crippen MR) is 116 cm³/mol. The van der Waals surface area contributed by atoms with Crippen molar-refractivity contribution in [3.8, 4) is 17.1 Å². The highest BCUT2D eigenvalue weighted by Crippen LogP contribution is 2.31. The van der Waals surface area contributed by atoms with Gasteiger partial charge in [-0.05, 0) is 44.9 Å². The molecule has 0 aliphatic carbocycles. The van der Waals surface area contributed by atoms with Gasteiger partial charge in [0.1, 0.15) is 0 Å². The molecule has 0 saturated heterocycles. The van der Waals surface area contributed by atoms with Gasteiger partial charge in [0.2, 0.25) is 0 Å². The van der Waals surface area contributed by atoms with Gasteiger partial charge in [-0.2, -0.15) is 5.10 Å². The molecule has 1 atom stereocenters. The summed E-state index contributed by atoms with van der Waals surface area (Å²) >= 11 is 0. The SMILES string of the molecule is CC(=Nc1ccn(CCC(C)O)n1)c1c(O)[nH]c2cnc(-c3cnccc3C)cc12. The average Bonchev–Trinajstić information content (AvgIpc) is 3.29. The molecule has 4 aromatic rings. The highest BCUT2D eigenvalue weighted by Gasteiger charge is 2.16. The molecule has 0 amide bonds. The number of pyridine rings is 2. The molecule has 0 aliphatic rings. The van der Waals surface area contributed by atoms with Crippen LogP contribution in [0.2, 0.25) is 0 Å². The number of hydrogen-bond donors (Lipinski definition) is 3. The van der Waals surface area contributed by atoms with Crippen molar-refractivity contribution in [1.82, 2.24) is 24.7 Å². The molecule has 0 bridgehead atoms. The van der Waals surface area contributed by atoms with Gasteiger partial charge in [-0.1, -0.05) is 0 Å². The van der Waals surface area contributed by atoms with E-state index in [2.05, 4.69) is 25.0 Å². The number of fused-ring (bicyclic) bond motifs is 1. The molecule has 1 unspecified atom stereocenters. The van der Waals surface area contributed by atoms with E-state index in [-0.39, 0.29) is 12.0 Å². The van der Waals surface area contributed by atoms with E-state index in [1.807, 2.05) is 38.2 Å². The Morgan fingerprint density at radius 1 is 1.30 bits per heavy atom. The number of nitrogens with one attached hydrogen (secondary N) is 1. The topological polar surface area (TPSA) is 112 Å². The minimum Gasteiger partial charge on any atom is -0.494 e. The first-order valence-corrected chi connectivity index (χ1v) is 9.81. The Hall–Kier alpha value is -3.52. The molecule has 0 aliphatic heterocycles. The van der Waals surface area contributed by atoms with Crippen LogP contribution in [0.25, 0.3) is 22.2 Å². The lowest BCUT2D eigenvalue weighted by atomic mass is 10.0. The van der Waals surface area contributed by atoms with E-state index in [1.165, 1.54) is 0 Å². The summed E-state index contributed by atoms with van der Waals surface area (Å²) in [6.45, 7) is 6.22. The van der Waals surface area contributed by atoms with Crippen LogP contribution in [0.3, 0.4) is 0 Å². The highest BCUT2D eigenvalue weighted by atomic mass is 16.3. The van der Waals surface area contributed by atoms with Crippen LogP contribution < -0.4 is 0 Å². The zero-order valence-corrected chi connectivity index (χ0v) is 17.2. The van der Waals surface area contributed by atoms with Gasteiger partial charge in [0, 0.05) is 42.2 Å². The quantitative estimate of drug-likeness (QED) is 0.424. The Morgan fingerprint density at radius 3 is 2.90 bits per heavy atom. The number of H-pyrrole nitrogens is 1. The molecule has 0 radical (unpaired) electrons. The van der Waals surface area contributed by atoms with Crippen LogP contribution in [0.15, 0.2) is 48.0 Å². The summed E-state index contributed by atoms with van der Waals surface area (Å²) in [5, 5.41) is 25.2. The number of aliphatic imine (C=N–C) groups is 1. The van der Waals surface area contributed by atoms with Crippen molar-refractivity contribution >= 4 is 22.4 Å². The molecule has 154 valence electrons. The average molecular weight is 404 g/mol. The van der Waals surface area contributed by atoms with Crippen molar-refractivity contribution in [1.29, 1.82) is 0 Å². The van der Waals surface area contributed by atoms with Crippen molar-refractivity contribution in [2.75, 3.05) is 0 Å². The Balaban J connectivity index is 1.71. The molecule has 8 heteroatoms. The van der Waals surface area contributed by atoms with Gasteiger partial charge >= 0.3 is 0 Å². The Bertz CT molecular complexity index is 1220. The molecule has 0 saturated carbocycles. The molecule has 30 heavy (non-hydrogen) atoms. The second-order valence-electron chi connectivity index (χ2n) is 7.43. The van der Waals surface area contributed by atoms with Gasteiger partial charge in [0.05, 0.1) is 34.8 Å². The zero-order valence-electron chi connectivity index (χ0n) is 17.2. The largest absolute Gasteiger partial charge is 0.494 e. The fourth-order valence-corrected chi connectivity index (χ4v) is 3.41. The maximum absolute atomic E-state index is 10.5. The number of aromatic hydroxyl groups is 1.